The van der Waals surface area contributed by atoms with Crippen LogP contribution in [0, 0.1) is 6.92 Å². The Labute approximate surface area is 98.7 Å². The summed E-state index contributed by atoms with van der Waals surface area (Å²) >= 11 is 0. The molecule has 0 bridgehead atoms. The summed E-state index contributed by atoms with van der Waals surface area (Å²) < 4.78 is 1.82. The number of carbonyl (C=O) groups is 1. The molecule has 1 aromatic heterocycles. The Morgan fingerprint density at radius 2 is 2.24 bits per heavy atom. The van der Waals surface area contributed by atoms with Crippen LogP contribution in [0.4, 0.5) is 0 Å². The van der Waals surface area contributed by atoms with Gasteiger partial charge in [-0.3, -0.25) is 9.69 Å². The molecule has 1 fully saturated rings. The molecular formula is C10H16N4O3. The van der Waals surface area contributed by atoms with Crippen molar-refractivity contribution in [3.63, 3.8) is 0 Å². The number of carboxylic acids is 1. The van der Waals surface area contributed by atoms with Crippen LogP contribution in [0.5, 0.6) is 0 Å². The molecule has 7 nitrogen and oxygen atoms in total. The van der Waals surface area contributed by atoms with E-state index in [1.165, 1.54) is 0 Å². The second-order valence-electron chi connectivity index (χ2n) is 4.40. The van der Waals surface area contributed by atoms with Crippen LogP contribution in [0.2, 0.25) is 0 Å². The van der Waals surface area contributed by atoms with Crippen molar-refractivity contribution >= 4 is 5.97 Å². The van der Waals surface area contributed by atoms with Crippen LogP contribution in [0.1, 0.15) is 18.1 Å². The van der Waals surface area contributed by atoms with E-state index >= 15 is 0 Å². The van der Waals surface area contributed by atoms with Crippen LogP contribution in [-0.2, 0) is 18.4 Å². The average molecular weight is 240 g/mol. The largest absolute Gasteiger partial charge is 0.480 e. The van der Waals surface area contributed by atoms with Crippen LogP contribution in [0.25, 0.3) is 0 Å². The molecular weight excluding hydrogens is 224 g/mol. The highest BCUT2D eigenvalue weighted by Gasteiger charge is 2.36. The third-order valence-corrected chi connectivity index (χ3v) is 3.19. The van der Waals surface area contributed by atoms with Gasteiger partial charge in [0.25, 0.3) is 0 Å². The number of aromatic nitrogens is 3. The minimum atomic E-state index is -0.902. The summed E-state index contributed by atoms with van der Waals surface area (Å²) in [6, 6.07) is -0.637. The number of aliphatic hydroxyl groups is 1. The van der Waals surface area contributed by atoms with Gasteiger partial charge in [0.1, 0.15) is 17.7 Å². The van der Waals surface area contributed by atoms with Crippen molar-refractivity contribution in [2.24, 2.45) is 7.05 Å². The Morgan fingerprint density at radius 1 is 1.53 bits per heavy atom. The maximum Gasteiger partial charge on any atom is 0.321 e. The Kier molecular flexibility index (Phi) is 3.12. The molecule has 1 aliphatic heterocycles. The minimum Gasteiger partial charge on any atom is -0.480 e. The van der Waals surface area contributed by atoms with Crippen molar-refractivity contribution < 1.29 is 15.0 Å². The van der Waals surface area contributed by atoms with Crippen molar-refractivity contribution in [2.75, 3.05) is 6.54 Å². The van der Waals surface area contributed by atoms with Gasteiger partial charge in [0.2, 0.25) is 0 Å². The van der Waals surface area contributed by atoms with Gasteiger partial charge in [-0.2, -0.15) is 0 Å². The summed E-state index contributed by atoms with van der Waals surface area (Å²) in [6.45, 7) is 2.60. The predicted octanol–water partition coefficient (Wildman–Crippen LogP) is -0.857. The third-order valence-electron chi connectivity index (χ3n) is 3.19. The highest BCUT2D eigenvalue weighted by atomic mass is 16.4. The predicted molar refractivity (Wildman–Crippen MR) is 58.2 cm³/mol. The molecule has 7 heteroatoms. The van der Waals surface area contributed by atoms with Crippen LogP contribution in [-0.4, -0.2) is 54.5 Å². The van der Waals surface area contributed by atoms with Crippen LogP contribution in [0.3, 0.4) is 0 Å². The van der Waals surface area contributed by atoms with Crippen LogP contribution >= 0.6 is 0 Å². The zero-order chi connectivity index (χ0) is 12.6. The molecule has 2 N–H and O–H groups in total. The Bertz CT molecular complexity index is 431. The van der Waals surface area contributed by atoms with E-state index in [2.05, 4.69) is 10.2 Å². The minimum absolute atomic E-state index is 0.270. The van der Waals surface area contributed by atoms with Crippen molar-refractivity contribution in [2.45, 2.75) is 32.0 Å². The van der Waals surface area contributed by atoms with E-state index in [0.717, 1.165) is 5.82 Å². The summed E-state index contributed by atoms with van der Waals surface area (Å²) in [4.78, 5) is 12.8. The topological polar surface area (TPSA) is 91.5 Å². The molecule has 94 valence electrons. The number of aliphatic hydroxyl groups excluding tert-OH is 1. The average Bonchev–Trinajstić information content (AvgIpc) is 2.76. The molecule has 2 heterocycles. The Balaban J connectivity index is 2.12. The maximum absolute atomic E-state index is 11.0. The molecule has 0 spiro atoms. The van der Waals surface area contributed by atoms with Gasteiger partial charge in [-0.25, -0.2) is 0 Å². The van der Waals surface area contributed by atoms with Crippen molar-refractivity contribution in [1.29, 1.82) is 0 Å². The second-order valence-corrected chi connectivity index (χ2v) is 4.40. The Morgan fingerprint density at radius 3 is 2.76 bits per heavy atom. The maximum atomic E-state index is 11.0. The van der Waals surface area contributed by atoms with Gasteiger partial charge in [0, 0.05) is 20.0 Å². The van der Waals surface area contributed by atoms with Gasteiger partial charge in [0.05, 0.1) is 12.6 Å². The van der Waals surface area contributed by atoms with Gasteiger partial charge < -0.3 is 14.8 Å². The first-order chi connectivity index (χ1) is 7.99. The summed E-state index contributed by atoms with van der Waals surface area (Å²) in [5.74, 6) is 0.593. The summed E-state index contributed by atoms with van der Waals surface area (Å²) in [5, 5.41) is 26.5. The number of nitrogens with zero attached hydrogens (tertiary/aromatic N) is 4. The number of likely N-dealkylation sites (tertiary alicyclic amines) is 1. The van der Waals surface area contributed by atoms with Crippen molar-refractivity contribution in [3.05, 3.63) is 11.6 Å². The molecule has 0 radical (unpaired) electrons. The standard InChI is InChI=1S/C10H16N4O3/c1-6-11-12-9(13(6)2)5-14-4-7(15)3-8(14)10(16)17/h7-8,15H,3-5H2,1-2H3,(H,16,17). The van der Waals surface area contributed by atoms with E-state index in [1.807, 2.05) is 18.5 Å². The molecule has 2 atom stereocenters. The lowest BCUT2D eigenvalue weighted by Crippen LogP contribution is -2.36. The fraction of sp³-hybridized carbons (Fsp3) is 0.700. The molecule has 2 unspecified atom stereocenters. The number of rotatable bonds is 3. The molecule has 0 aromatic carbocycles. The SMILES string of the molecule is Cc1nnc(CN2CC(O)CC2C(=O)O)n1C. The molecule has 2 rings (SSSR count). The molecule has 0 aliphatic carbocycles. The zero-order valence-corrected chi connectivity index (χ0v) is 9.87. The normalized spacial score (nSPS) is 25.4. The smallest absolute Gasteiger partial charge is 0.321 e. The lowest BCUT2D eigenvalue weighted by atomic mass is 10.2. The van der Waals surface area contributed by atoms with E-state index in [9.17, 15) is 9.90 Å². The summed E-state index contributed by atoms with van der Waals surface area (Å²) in [5.41, 5.74) is 0. The number of hydrogen-bond acceptors (Lipinski definition) is 5. The Hall–Kier alpha value is -1.47. The number of aryl methyl sites for hydroxylation is 1. The van der Waals surface area contributed by atoms with Crippen molar-refractivity contribution in [3.8, 4) is 0 Å². The lowest BCUT2D eigenvalue weighted by Gasteiger charge is -2.19. The van der Waals surface area contributed by atoms with Gasteiger partial charge in [-0.15, -0.1) is 10.2 Å². The van der Waals surface area contributed by atoms with E-state index in [4.69, 9.17) is 5.11 Å². The second kappa shape index (κ2) is 4.42. The van der Waals surface area contributed by atoms with Gasteiger partial charge >= 0.3 is 5.97 Å². The molecule has 1 aromatic rings. The number of carboxylic acid groups (broad SMARTS) is 1. The highest BCUT2D eigenvalue weighted by molar-refractivity contribution is 5.74. The quantitative estimate of drug-likeness (QED) is 0.714. The first kappa shape index (κ1) is 12.0. The van der Waals surface area contributed by atoms with Crippen molar-refractivity contribution in [1.82, 2.24) is 19.7 Å². The zero-order valence-electron chi connectivity index (χ0n) is 9.87. The number of hydrogen-bond donors (Lipinski definition) is 2. The van der Waals surface area contributed by atoms with E-state index < -0.39 is 18.1 Å². The number of aliphatic carboxylic acids is 1. The highest BCUT2D eigenvalue weighted by Crippen LogP contribution is 2.20. The molecule has 17 heavy (non-hydrogen) atoms. The van der Waals surface area contributed by atoms with Gasteiger partial charge in [0.15, 0.2) is 0 Å². The molecule has 1 saturated heterocycles. The summed E-state index contributed by atoms with van der Waals surface area (Å²) in [7, 11) is 1.84. The monoisotopic (exact) mass is 240 g/mol. The van der Waals surface area contributed by atoms with Gasteiger partial charge in [-0.1, -0.05) is 0 Å². The lowest BCUT2D eigenvalue weighted by molar-refractivity contribution is -0.142. The van der Waals surface area contributed by atoms with Crippen LogP contribution < -0.4 is 0 Å². The molecule has 1 aliphatic rings. The summed E-state index contributed by atoms with van der Waals surface area (Å²) in [6.07, 6.45) is -0.308. The van der Waals surface area contributed by atoms with Gasteiger partial charge in [-0.05, 0) is 6.92 Å². The fourth-order valence-electron chi connectivity index (χ4n) is 2.08. The van der Waals surface area contributed by atoms with E-state index in [0.29, 0.717) is 18.9 Å². The van der Waals surface area contributed by atoms with Crippen LogP contribution in [0.15, 0.2) is 0 Å². The molecule has 0 amide bonds. The first-order valence-corrected chi connectivity index (χ1v) is 5.49. The third kappa shape index (κ3) is 2.29. The van der Waals surface area contributed by atoms with E-state index in [-0.39, 0.29) is 6.42 Å². The number of β-amino-alcohol motifs (C(OH)–C–C–N with tert-alkyl or cyclic N) is 1. The fourth-order valence-corrected chi connectivity index (χ4v) is 2.08. The van der Waals surface area contributed by atoms with E-state index in [1.54, 1.807) is 4.90 Å². The molecule has 0 saturated carbocycles. The first-order valence-electron chi connectivity index (χ1n) is 5.49.